The summed E-state index contributed by atoms with van der Waals surface area (Å²) in [5, 5.41) is 3.29. The second-order valence-corrected chi connectivity index (χ2v) is 7.85. The summed E-state index contributed by atoms with van der Waals surface area (Å²) in [6, 6.07) is 8.08. The fraction of sp³-hybridized carbons (Fsp3) is 0.619. The SMILES string of the molecule is COc1ccc(C(NC(=O)C2CCN(C(=O)C(C)C)CC2)C2CC2)cc1. The number of hydrogen-bond acceptors (Lipinski definition) is 3. The van der Waals surface area contributed by atoms with E-state index in [1.807, 2.05) is 43.0 Å². The molecule has 1 heterocycles. The van der Waals surface area contributed by atoms with Crippen LogP contribution < -0.4 is 10.1 Å². The maximum Gasteiger partial charge on any atom is 0.225 e. The Labute approximate surface area is 156 Å². The zero-order chi connectivity index (χ0) is 18.7. The van der Waals surface area contributed by atoms with Gasteiger partial charge in [0.1, 0.15) is 5.75 Å². The molecule has 0 aromatic heterocycles. The van der Waals surface area contributed by atoms with Crippen molar-refractivity contribution in [3.8, 4) is 5.75 Å². The number of carbonyl (C=O) groups excluding carboxylic acids is 2. The van der Waals surface area contributed by atoms with Gasteiger partial charge in [-0.2, -0.15) is 0 Å². The van der Waals surface area contributed by atoms with Crippen LogP contribution in [0.15, 0.2) is 24.3 Å². The molecule has 2 aliphatic rings. The first kappa shape index (κ1) is 18.7. The van der Waals surface area contributed by atoms with Gasteiger partial charge >= 0.3 is 0 Å². The molecule has 2 amide bonds. The highest BCUT2D eigenvalue weighted by molar-refractivity contribution is 5.81. The van der Waals surface area contributed by atoms with Crippen molar-refractivity contribution in [2.45, 2.75) is 45.6 Å². The van der Waals surface area contributed by atoms with Crippen LogP contribution in [0.4, 0.5) is 0 Å². The molecule has 2 fully saturated rings. The van der Waals surface area contributed by atoms with Crippen LogP contribution in [0.5, 0.6) is 5.75 Å². The van der Waals surface area contributed by atoms with Gasteiger partial charge in [-0.3, -0.25) is 9.59 Å². The molecule has 5 nitrogen and oxygen atoms in total. The van der Waals surface area contributed by atoms with E-state index in [4.69, 9.17) is 4.74 Å². The smallest absolute Gasteiger partial charge is 0.225 e. The molecule has 1 aliphatic heterocycles. The molecule has 5 heteroatoms. The first-order valence-corrected chi connectivity index (χ1v) is 9.72. The van der Waals surface area contributed by atoms with Crippen molar-refractivity contribution in [1.29, 1.82) is 0 Å². The third-order valence-electron chi connectivity index (χ3n) is 5.54. The summed E-state index contributed by atoms with van der Waals surface area (Å²) < 4.78 is 5.23. The van der Waals surface area contributed by atoms with Gasteiger partial charge in [0.15, 0.2) is 0 Å². The van der Waals surface area contributed by atoms with E-state index in [2.05, 4.69) is 5.32 Å². The number of piperidine rings is 1. The Morgan fingerprint density at radius 3 is 2.19 bits per heavy atom. The van der Waals surface area contributed by atoms with Crippen molar-refractivity contribution >= 4 is 11.8 Å². The fourth-order valence-corrected chi connectivity index (χ4v) is 3.71. The third-order valence-corrected chi connectivity index (χ3v) is 5.54. The topological polar surface area (TPSA) is 58.6 Å². The maximum atomic E-state index is 12.8. The summed E-state index contributed by atoms with van der Waals surface area (Å²) >= 11 is 0. The Hall–Kier alpha value is -2.04. The fourth-order valence-electron chi connectivity index (χ4n) is 3.71. The molecular weight excluding hydrogens is 328 g/mol. The lowest BCUT2D eigenvalue weighted by Crippen LogP contribution is -2.45. The minimum atomic E-state index is 0.00529. The summed E-state index contributed by atoms with van der Waals surface area (Å²) in [7, 11) is 1.66. The molecule has 1 N–H and O–H groups in total. The molecule has 1 aromatic carbocycles. The van der Waals surface area contributed by atoms with Gasteiger partial charge in [-0.1, -0.05) is 26.0 Å². The first-order valence-electron chi connectivity index (χ1n) is 9.72. The second-order valence-electron chi connectivity index (χ2n) is 7.85. The minimum absolute atomic E-state index is 0.00529. The molecule has 26 heavy (non-hydrogen) atoms. The van der Waals surface area contributed by atoms with Crippen LogP contribution in [0.25, 0.3) is 0 Å². The standard InChI is InChI=1S/C21H30N2O3/c1-14(2)21(25)23-12-10-17(11-13-23)20(24)22-19(15-4-5-15)16-6-8-18(26-3)9-7-16/h6-9,14-15,17,19H,4-5,10-13H2,1-3H3,(H,22,24). The maximum absolute atomic E-state index is 12.8. The molecule has 0 spiro atoms. The van der Waals surface area contributed by atoms with Crippen molar-refractivity contribution in [1.82, 2.24) is 10.2 Å². The Bertz CT molecular complexity index is 629. The van der Waals surface area contributed by atoms with Crippen LogP contribution in [0.1, 0.15) is 51.1 Å². The number of benzene rings is 1. The average Bonchev–Trinajstić information content (AvgIpc) is 3.50. The number of ether oxygens (including phenoxy) is 1. The van der Waals surface area contributed by atoms with Crippen molar-refractivity contribution in [3.05, 3.63) is 29.8 Å². The van der Waals surface area contributed by atoms with Crippen molar-refractivity contribution < 1.29 is 14.3 Å². The number of amides is 2. The quantitative estimate of drug-likeness (QED) is 0.850. The molecule has 1 aromatic rings. The lowest BCUT2D eigenvalue weighted by Gasteiger charge is -2.33. The van der Waals surface area contributed by atoms with Gasteiger partial charge in [-0.25, -0.2) is 0 Å². The number of likely N-dealkylation sites (tertiary alicyclic amines) is 1. The lowest BCUT2D eigenvalue weighted by molar-refractivity contribution is -0.138. The number of carbonyl (C=O) groups is 2. The number of nitrogens with zero attached hydrogens (tertiary/aromatic N) is 1. The normalized spacial score (nSPS) is 19.3. The van der Waals surface area contributed by atoms with Crippen LogP contribution >= 0.6 is 0 Å². The molecule has 1 aliphatic carbocycles. The molecule has 142 valence electrons. The van der Waals surface area contributed by atoms with Crippen LogP contribution in [-0.4, -0.2) is 36.9 Å². The van der Waals surface area contributed by atoms with Crippen LogP contribution in [0.3, 0.4) is 0 Å². The zero-order valence-corrected chi connectivity index (χ0v) is 16.0. The molecule has 1 saturated carbocycles. The van der Waals surface area contributed by atoms with Gasteiger partial charge in [-0.15, -0.1) is 0 Å². The number of nitrogens with one attached hydrogen (secondary N) is 1. The van der Waals surface area contributed by atoms with E-state index in [1.165, 1.54) is 0 Å². The van der Waals surface area contributed by atoms with Crippen LogP contribution in [0.2, 0.25) is 0 Å². The third kappa shape index (κ3) is 4.37. The molecular formula is C21H30N2O3. The summed E-state index contributed by atoms with van der Waals surface area (Å²) in [6.45, 7) is 5.23. The van der Waals surface area contributed by atoms with Crippen molar-refractivity contribution in [2.75, 3.05) is 20.2 Å². The molecule has 3 rings (SSSR count). The number of rotatable bonds is 6. The Morgan fingerprint density at radius 1 is 1.08 bits per heavy atom. The molecule has 1 unspecified atom stereocenters. The number of methoxy groups -OCH3 is 1. The van der Waals surface area contributed by atoms with Crippen LogP contribution in [0, 0.1) is 17.8 Å². The molecule has 0 bridgehead atoms. The first-order chi connectivity index (χ1) is 12.5. The van der Waals surface area contributed by atoms with Gasteiger partial charge in [0.2, 0.25) is 11.8 Å². The van der Waals surface area contributed by atoms with Gasteiger partial charge in [0, 0.05) is 24.9 Å². The highest BCUT2D eigenvalue weighted by Gasteiger charge is 2.35. The summed E-state index contributed by atoms with van der Waals surface area (Å²) in [4.78, 5) is 26.8. The predicted molar refractivity (Wildman–Crippen MR) is 101 cm³/mol. The predicted octanol–water partition coefficient (Wildman–Crippen LogP) is 3.16. The Morgan fingerprint density at radius 2 is 1.69 bits per heavy atom. The number of hydrogen-bond donors (Lipinski definition) is 1. The lowest BCUT2D eigenvalue weighted by atomic mass is 9.93. The Balaban J connectivity index is 1.58. The van der Waals surface area contributed by atoms with Crippen LogP contribution in [-0.2, 0) is 9.59 Å². The van der Waals surface area contributed by atoms with E-state index in [-0.39, 0.29) is 29.7 Å². The van der Waals surface area contributed by atoms with E-state index >= 15 is 0 Å². The molecule has 1 saturated heterocycles. The minimum Gasteiger partial charge on any atom is -0.497 e. The monoisotopic (exact) mass is 358 g/mol. The molecule has 0 radical (unpaired) electrons. The van der Waals surface area contributed by atoms with Crippen molar-refractivity contribution in [3.63, 3.8) is 0 Å². The highest BCUT2D eigenvalue weighted by Crippen LogP contribution is 2.41. The van der Waals surface area contributed by atoms with Crippen molar-refractivity contribution in [2.24, 2.45) is 17.8 Å². The summed E-state index contributed by atoms with van der Waals surface area (Å²) in [5.41, 5.74) is 1.15. The van der Waals surface area contributed by atoms with E-state index in [0.717, 1.165) is 37.0 Å². The Kier molecular flexibility index (Phi) is 5.84. The van der Waals surface area contributed by atoms with Gasteiger partial charge < -0.3 is 15.0 Å². The summed E-state index contributed by atoms with van der Waals surface area (Å²) in [5.74, 6) is 1.72. The van der Waals surface area contributed by atoms with Gasteiger partial charge in [0.25, 0.3) is 0 Å². The largest absolute Gasteiger partial charge is 0.497 e. The zero-order valence-electron chi connectivity index (χ0n) is 16.0. The average molecular weight is 358 g/mol. The van der Waals surface area contributed by atoms with E-state index in [0.29, 0.717) is 19.0 Å². The summed E-state index contributed by atoms with van der Waals surface area (Å²) in [6.07, 6.45) is 3.84. The second kappa shape index (κ2) is 8.11. The van der Waals surface area contributed by atoms with E-state index in [9.17, 15) is 9.59 Å². The van der Waals surface area contributed by atoms with Gasteiger partial charge in [0.05, 0.1) is 13.2 Å². The van der Waals surface area contributed by atoms with E-state index < -0.39 is 0 Å². The highest BCUT2D eigenvalue weighted by atomic mass is 16.5. The molecule has 1 atom stereocenters. The van der Waals surface area contributed by atoms with Gasteiger partial charge in [-0.05, 0) is 49.3 Å². The van der Waals surface area contributed by atoms with E-state index in [1.54, 1.807) is 7.11 Å².